The Morgan fingerprint density at radius 1 is 1.32 bits per heavy atom. The fraction of sp³-hybridized carbons (Fsp3) is 0.0714. The molecule has 2 heterocycles. The Morgan fingerprint density at radius 3 is 2.86 bits per heavy atom. The van der Waals surface area contributed by atoms with Gasteiger partial charge in [0.1, 0.15) is 10.7 Å². The van der Waals surface area contributed by atoms with Crippen LogP contribution in [0.3, 0.4) is 0 Å². The van der Waals surface area contributed by atoms with Crippen molar-refractivity contribution in [2.45, 2.75) is 10.1 Å². The number of carbonyl (C=O) groups is 1. The summed E-state index contributed by atoms with van der Waals surface area (Å²) in [6, 6.07) is 10.1. The normalized spacial score (nSPS) is 10.5. The predicted octanol–water partition coefficient (Wildman–Crippen LogP) is 3.73. The fourth-order valence-corrected chi connectivity index (χ4v) is 4.14. The summed E-state index contributed by atoms with van der Waals surface area (Å²) in [5, 5.41) is 5.07. The molecule has 8 heteroatoms. The summed E-state index contributed by atoms with van der Waals surface area (Å²) in [6.07, 6.45) is 1.64. The number of anilines is 2. The lowest BCUT2D eigenvalue weighted by Crippen LogP contribution is -2.11. The number of benzene rings is 1. The van der Waals surface area contributed by atoms with Gasteiger partial charge in [0.05, 0.1) is 0 Å². The minimum Gasteiger partial charge on any atom is -0.382 e. The molecule has 22 heavy (non-hydrogen) atoms. The van der Waals surface area contributed by atoms with Crippen LogP contribution in [0.4, 0.5) is 10.9 Å². The molecular weight excluding hydrogens is 336 g/mol. The molecule has 3 N–H and O–H groups in total. The molecule has 0 spiro atoms. The number of aromatic nitrogens is 2. The van der Waals surface area contributed by atoms with Crippen LogP contribution < -0.4 is 11.1 Å². The van der Waals surface area contributed by atoms with Gasteiger partial charge in [-0.3, -0.25) is 10.1 Å². The van der Waals surface area contributed by atoms with E-state index in [1.165, 1.54) is 28.2 Å². The molecule has 0 aliphatic rings. The van der Waals surface area contributed by atoms with Crippen LogP contribution in [0, 0.1) is 0 Å². The van der Waals surface area contributed by atoms with Crippen LogP contribution in [0.15, 0.2) is 46.2 Å². The van der Waals surface area contributed by atoms with Crippen molar-refractivity contribution in [1.82, 2.24) is 9.97 Å². The van der Waals surface area contributed by atoms with Gasteiger partial charge in [-0.2, -0.15) is 0 Å². The molecule has 1 aromatic carbocycles. The Hall–Kier alpha value is -1.90. The average molecular weight is 348 g/mol. The van der Waals surface area contributed by atoms with E-state index in [0.29, 0.717) is 10.0 Å². The number of thioether (sulfide) groups is 1. The van der Waals surface area contributed by atoms with E-state index < -0.39 is 0 Å². The Balaban J connectivity index is 1.66. The number of rotatable bonds is 5. The molecule has 0 bridgehead atoms. The van der Waals surface area contributed by atoms with E-state index in [0.717, 1.165) is 10.1 Å². The van der Waals surface area contributed by atoms with Gasteiger partial charge in [-0.1, -0.05) is 42.1 Å². The van der Waals surface area contributed by atoms with E-state index in [1.807, 2.05) is 18.2 Å². The average Bonchev–Trinajstić information content (AvgIpc) is 3.16. The molecule has 0 saturated carbocycles. The van der Waals surface area contributed by atoms with Crippen molar-refractivity contribution in [3.8, 4) is 0 Å². The van der Waals surface area contributed by atoms with Crippen molar-refractivity contribution in [2.75, 3.05) is 11.1 Å². The lowest BCUT2D eigenvalue weighted by atomic mass is 10.2. The summed E-state index contributed by atoms with van der Waals surface area (Å²) in [7, 11) is 0. The molecule has 0 atom stereocenters. The number of nitrogens with one attached hydrogen (secondary N) is 1. The zero-order valence-corrected chi connectivity index (χ0v) is 13.8. The molecule has 0 fully saturated rings. The van der Waals surface area contributed by atoms with Gasteiger partial charge in [0.15, 0.2) is 9.47 Å². The van der Waals surface area contributed by atoms with E-state index in [4.69, 9.17) is 5.73 Å². The van der Waals surface area contributed by atoms with Gasteiger partial charge >= 0.3 is 0 Å². The highest BCUT2D eigenvalue weighted by Crippen LogP contribution is 2.31. The van der Waals surface area contributed by atoms with Crippen molar-refractivity contribution in [3.63, 3.8) is 0 Å². The third-order valence-corrected chi connectivity index (χ3v) is 5.67. The maximum Gasteiger partial charge on any atom is 0.271 e. The van der Waals surface area contributed by atoms with Crippen LogP contribution in [0.1, 0.15) is 15.2 Å². The minimum absolute atomic E-state index is 0.259. The van der Waals surface area contributed by atoms with Gasteiger partial charge in [-0.05, 0) is 5.56 Å². The fourth-order valence-electron chi connectivity index (χ4n) is 1.69. The topological polar surface area (TPSA) is 80.9 Å². The maximum absolute atomic E-state index is 12.2. The van der Waals surface area contributed by atoms with Gasteiger partial charge < -0.3 is 5.73 Å². The quantitative estimate of drug-likeness (QED) is 0.687. The summed E-state index contributed by atoms with van der Waals surface area (Å²) in [5.74, 6) is 0.785. The lowest BCUT2D eigenvalue weighted by molar-refractivity contribution is 0.103. The van der Waals surface area contributed by atoms with Crippen LogP contribution in [-0.2, 0) is 5.75 Å². The Bertz CT molecular complexity index is 756. The predicted molar refractivity (Wildman–Crippen MR) is 92.6 cm³/mol. The Kier molecular flexibility index (Phi) is 4.71. The van der Waals surface area contributed by atoms with E-state index in [2.05, 4.69) is 27.4 Å². The number of nitrogens with two attached hydrogens (primary N) is 1. The molecule has 0 aliphatic carbocycles. The van der Waals surface area contributed by atoms with Crippen molar-refractivity contribution in [3.05, 3.63) is 52.3 Å². The third kappa shape index (κ3) is 3.65. The van der Waals surface area contributed by atoms with Crippen LogP contribution in [0.2, 0.25) is 0 Å². The second kappa shape index (κ2) is 6.91. The summed E-state index contributed by atoms with van der Waals surface area (Å²) in [4.78, 5) is 20.9. The van der Waals surface area contributed by atoms with Crippen molar-refractivity contribution in [1.29, 1.82) is 0 Å². The summed E-state index contributed by atoms with van der Waals surface area (Å²) < 4.78 is 0.783. The molecular formula is C14H12N4OS3. The largest absolute Gasteiger partial charge is 0.382 e. The monoisotopic (exact) mass is 348 g/mol. The smallest absolute Gasteiger partial charge is 0.271 e. The first kappa shape index (κ1) is 15.0. The van der Waals surface area contributed by atoms with Crippen LogP contribution in [-0.4, -0.2) is 15.9 Å². The van der Waals surface area contributed by atoms with Crippen LogP contribution in [0.25, 0.3) is 0 Å². The van der Waals surface area contributed by atoms with Crippen LogP contribution in [0.5, 0.6) is 0 Å². The number of hydrogen-bond donors (Lipinski definition) is 2. The molecule has 1 amide bonds. The number of nitrogens with zero attached hydrogens (tertiary/aromatic N) is 2. The van der Waals surface area contributed by atoms with Crippen molar-refractivity contribution >= 4 is 51.3 Å². The number of carbonyl (C=O) groups excluding carboxylic acids is 1. The van der Waals surface area contributed by atoms with E-state index in [9.17, 15) is 4.79 Å². The zero-order valence-electron chi connectivity index (χ0n) is 11.4. The second-order valence-electron chi connectivity index (χ2n) is 4.26. The highest BCUT2D eigenvalue weighted by molar-refractivity contribution is 8.00. The second-order valence-corrected chi connectivity index (χ2v) is 7.38. The van der Waals surface area contributed by atoms with E-state index in [-0.39, 0.29) is 11.7 Å². The highest BCUT2D eigenvalue weighted by Gasteiger charge is 2.17. The van der Waals surface area contributed by atoms with Gasteiger partial charge in [0, 0.05) is 17.3 Å². The summed E-state index contributed by atoms with van der Waals surface area (Å²) in [6.45, 7) is 0. The summed E-state index contributed by atoms with van der Waals surface area (Å²) in [5.41, 5.74) is 7.05. The lowest BCUT2D eigenvalue weighted by Gasteiger charge is -1.98. The number of nitrogen functional groups attached to an aromatic ring is 1. The van der Waals surface area contributed by atoms with Crippen molar-refractivity contribution < 1.29 is 4.79 Å². The van der Waals surface area contributed by atoms with Crippen molar-refractivity contribution in [2.24, 2.45) is 0 Å². The third-order valence-electron chi connectivity index (χ3n) is 2.70. The molecule has 0 aliphatic heterocycles. The number of hydrogen-bond acceptors (Lipinski definition) is 7. The zero-order chi connectivity index (χ0) is 15.4. The van der Waals surface area contributed by atoms with E-state index >= 15 is 0 Å². The summed E-state index contributed by atoms with van der Waals surface area (Å²) >= 11 is 4.23. The Morgan fingerprint density at radius 2 is 2.14 bits per heavy atom. The van der Waals surface area contributed by atoms with Gasteiger partial charge in [0.25, 0.3) is 5.91 Å². The molecule has 112 valence electrons. The maximum atomic E-state index is 12.2. The molecule has 0 saturated heterocycles. The molecule has 0 unspecified atom stereocenters. The van der Waals surface area contributed by atoms with E-state index in [1.54, 1.807) is 23.3 Å². The first-order chi connectivity index (χ1) is 10.7. The Labute approximate surface area is 139 Å². The molecule has 5 nitrogen and oxygen atoms in total. The first-order valence-electron chi connectivity index (χ1n) is 6.36. The molecule has 3 aromatic rings. The number of thiazole rings is 2. The molecule has 0 radical (unpaired) electrons. The molecule has 2 aromatic heterocycles. The highest BCUT2D eigenvalue weighted by atomic mass is 32.2. The molecule has 3 rings (SSSR count). The minimum atomic E-state index is -0.267. The standard InChI is InChI=1S/C14H12N4OS3/c15-11-10(12(19)18-13-16-6-7-20-13)22-14(17-11)21-8-9-4-2-1-3-5-9/h1-7H,8,15H2,(H,16,18,19). The van der Waals surface area contributed by atoms with Gasteiger partial charge in [-0.25, -0.2) is 9.97 Å². The first-order valence-corrected chi connectivity index (χ1v) is 9.04. The van der Waals surface area contributed by atoms with Gasteiger partial charge in [-0.15, -0.1) is 22.7 Å². The SMILES string of the molecule is Nc1nc(SCc2ccccc2)sc1C(=O)Nc1nccs1. The van der Waals surface area contributed by atoms with Gasteiger partial charge in [0.2, 0.25) is 0 Å². The number of amides is 1. The van der Waals surface area contributed by atoms with Crippen LogP contribution >= 0.6 is 34.4 Å².